The number of imidazole rings is 1. The number of nitrogens with zero attached hydrogens (tertiary/aromatic N) is 4. The van der Waals surface area contributed by atoms with E-state index >= 15 is 0 Å². The van der Waals surface area contributed by atoms with Crippen molar-refractivity contribution in [2.24, 2.45) is 5.73 Å². The van der Waals surface area contributed by atoms with Gasteiger partial charge in [-0.1, -0.05) is 6.92 Å². The Hall–Kier alpha value is -0.910. The number of hydrogen-bond acceptors (Lipinski definition) is 4. The number of aromatic nitrogens is 2. The van der Waals surface area contributed by atoms with Crippen LogP contribution in [-0.4, -0.2) is 59.1 Å². The molecule has 1 aromatic heterocycles. The molecule has 0 amide bonds. The Morgan fingerprint density at radius 1 is 1.50 bits per heavy atom. The molecule has 1 aliphatic heterocycles. The van der Waals surface area contributed by atoms with Gasteiger partial charge >= 0.3 is 0 Å². The number of rotatable bonds is 7. The molecule has 0 aliphatic carbocycles. The summed E-state index contributed by atoms with van der Waals surface area (Å²) in [5.41, 5.74) is 7.38. The predicted molar refractivity (Wildman–Crippen MR) is 82.6 cm³/mol. The summed E-state index contributed by atoms with van der Waals surface area (Å²) in [6.07, 6.45) is 7.62. The van der Waals surface area contributed by atoms with Crippen molar-refractivity contribution >= 4 is 0 Å². The third-order valence-corrected chi connectivity index (χ3v) is 4.17. The Morgan fingerprint density at radius 3 is 2.95 bits per heavy atom. The Balaban J connectivity index is 2.16. The van der Waals surface area contributed by atoms with E-state index < -0.39 is 0 Å². The molecule has 2 heterocycles. The summed E-state index contributed by atoms with van der Waals surface area (Å²) in [7, 11) is 4.30. The molecule has 20 heavy (non-hydrogen) atoms. The fourth-order valence-electron chi connectivity index (χ4n) is 3.35. The largest absolute Gasteiger partial charge is 0.333 e. The molecular weight excluding hydrogens is 250 g/mol. The zero-order valence-electron chi connectivity index (χ0n) is 13.1. The fourth-order valence-corrected chi connectivity index (χ4v) is 3.35. The standard InChI is InChI=1S/C15H29N5/c1-4-7-19-12-17-10-15(19)14(9-16)20-8-5-6-13(20)11-18(2)3/h10,12-14H,4-9,11,16H2,1-3H3. The maximum Gasteiger partial charge on any atom is 0.0948 e. The average Bonchev–Trinajstić information content (AvgIpc) is 3.02. The number of hydrogen-bond donors (Lipinski definition) is 1. The van der Waals surface area contributed by atoms with Gasteiger partial charge in [0.25, 0.3) is 0 Å². The van der Waals surface area contributed by atoms with Gasteiger partial charge in [-0.3, -0.25) is 4.90 Å². The van der Waals surface area contributed by atoms with Gasteiger partial charge in [0.1, 0.15) is 0 Å². The van der Waals surface area contributed by atoms with Gasteiger partial charge in [0.05, 0.1) is 18.1 Å². The Bertz CT molecular complexity index is 401. The molecule has 1 aliphatic rings. The van der Waals surface area contributed by atoms with Crippen LogP contribution in [0.4, 0.5) is 0 Å². The highest BCUT2D eigenvalue weighted by molar-refractivity contribution is 5.08. The quantitative estimate of drug-likeness (QED) is 0.818. The lowest BCUT2D eigenvalue weighted by molar-refractivity contribution is 0.150. The van der Waals surface area contributed by atoms with Crippen molar-refractivity contribution in [1.82, 2.24) is 19.4 Å². The number of likely N-dealkylation sites (N-methyl/N-ethyl adjacent to an activating group) is 1. The lowest BCUT2D eigenvalue weighted by Gasteiger charge is -2.34. The van der Waals surface area contributed by atoms with Crippen LogP contribution in [0.2, 0.25) is 0 Å². The van der Waals surface area contributed by atoms with Gasteiger partial charge < -0.3 is 15.2 Å². The molecule has 5 nitrogen and oxygen atoms in total. The van der Waals surface area contributed by atoms with Crippen molar-refractivity contribution in [2.45, 2.75) is 44.8 Å². The lowest BCUT2D eigenvalue weighted by Crippen LogP contribution is -2.42. The van der Waals surface area contributed by atoms with E-state index in [0.29, 0.717) is 18.6 Å². The van der Waals surface area contributed by atoms with Crippen molar-refractivity contribution in [3.05, 3.63) is 18.2 Å². The van der Waals surface area contributed by atoms with Crippen LogP contribution in [0.3, 0.4) is 0 Å². The first-order valence-electron chi connectivity index (χ1n) is 7.78. The highest BCUT2D eigenvalue weighted by atomic mass is 15.3. The second-order valence-electron chi connectivity index (χ2n) is 6.06. The van der Waals surface area contributed by atoms with Crippen molar-refractivity contribution < 1.29 is 0 Å². The van der Waals surface area contributed by atoms with E-state index in [0.717, 1.165) is 26.1 Å². The van der Waals surface area contributed by atoms with E-state index in [4.69, 9.17) is 5.73 Å². The Kier molecular flexibility index (Phi) is 5.57. The molecule has 0 radical (unpaired) electrons. The van der Waals surface area contributed by atoms with Crippen LogP contribution in [0.25, 0.3) is 0 Å². The normalized spacial score (nSPS) is 21.8. The smallest absolute Gasteiger partial charge is 0.0948 e. The average molecular weight is 279 g/mol. The zero-order valence-corrected chi connectivity index (χ0v) is 13.1. The molecule has 0 spiro atoms. The molecule has 2 atom stereocenters. The minimum absolute atomic E-state index is 0.302. The molecule has 0 bridgehead atoms. The Labute approximate surface area is 122 Å². The third-order valence-electron chi connectivity index (χ3n) is 4.17. The maximum atomic E-state index is 6.11. The van der Waals surface area contributed by atoms with E-state index in [1.807, 2.05) is 12.5 Å². The summed E-state index contributed by atoms with van der Waals surface area (Å²) >= 11 is 0. The zero-order chi connectivity index (χ0) is 14.5. The molecule has 2 unspecified atom stereocenters. The van der Waals surface area contributed by atoms with E-state index in [9.17, 15) is 0 Å². The van der Waals surface area contributed by atoms with Crippen LogP contribution in [0.1, 0.15) is 37.9 Å². The van der Waals surface area contributed by atoms with Gasteiger partial charge in [-0.2, -0.15) is 0 Å². The summed E-state index contributed by atoms with van der Waals surface area (Å²) in [6.45, 7) is 6.15. The maximum absolute atomic E-state index is 6.11. The molecule has 114 valence electrons. The summed E-state index contributed by atoms with van der Waals surface area (Å²) in [5, 5.41) is 0. The van der Waals surface area contributed by atoms with Crippen molar-refractivity contribution in [2.75, 3.05) is 33.7 Å². The third kappa shape index (κ3) is 3.40. The first-order chi connectivity index (χ1) is 9.67. The van der Waals surface area contributed by atoms with Crippen molar-refractivity contribution in [1.29, 1.82) is 0 Å². The molecule has 1 fully saturated rings. The second kappa shape index (κ2) is 7.20. The van der Waals surface area contributed by atoms with Crippen LogP contribution in [-0.2, 0) is 6.54 Å². The van der Waals surface area contributed by atoms with E-state index in [2.05, 4.69) is 40.4 Å². The van der Waals surface area contributed by atoms with Crippen LogP contribution in [0.15, 0.2) is 12.5 Å². The molecule has 2 rings (SSSR count). The van der Waals surface area contributed by atoms with E-state index in [1.54, 1.807) is 0 Å². The van der Waals surface area contributed by atoms with Gasteiger partial charge in [0, 0.05) is 31.9 Å². The first kappa shape index (κ1) is 15.5. The SMILES string of the molecule is CCCn1cncc1C(CN)N1CCCC1CN(C)C. The van der Waals surface area contributed by atoms with Gasteiger partial charge in [-0.05, 0) is 39.9 Å². The van der Waals surface area contributed by atoms with Crippen molar-refractivity contribution in [3.8, 4) is 0 Å². The van der Waals surface area contributed by atoms with Gasteiger partial charge in [-0.25, -0.2) is 4.98 Å². The lowest BCUT2D eigenvalue weighted by atomic mass is 10.1. The van der Waals surface area contributed by atoms with Crippen LogP contribution in [0, 0.1) is 0 Å². The highest BCUT2D eigenvalue weighted by Crippen LogP contribution is 2.29. The fraction of sp³-hybridized carbons (Fsp3) is 0.800. The summed E-state index contributed by atoms with van der Waals surface area (Å²) in [4.78, 5) is 9.20. The summed E-state index contributed by atoms with van der Waals surface area (Å²) < 4.78 is 2.27. The molecular formula is C15H29N5. The predicted octanol–water partition coefficient (Wildman–Crippen LogP) is 1.32. The topological polar surface area (TPSA) is 50.3 Å². The van der Waals surface area contributed by atoms with Crippen LogP contribution >= 0.6 is 0 Å². The summed E-state index contributed by atoms with van der Waals surface area (Å²) in [6, 6.07) is 0.917. The molecule has 0 saturated carbocycles. The first-order valence-corrected chi connectivity index (χ1v) is 7.78. The molecule has 5 heteroatoms. The second-order valence-corrected chi connectivity index (χ2v) is 6.06. The van der Waals surface area contributed by atoms with Gasteiger partial charge in [-0.15, -0.1) is 0 Å². The van der Waals surface area contributed by atoms with Gasteiger partial charge in [0.15, 0.2) is 0 Å². The Morgan fingerprint density at radius 2 is 2.30 bits per heavy atom. The summed E-state index contributed by atoms with van der Waals surface area (Å²) in [5.74, 6) is 0. The van der Waals surface area contributed by atoms with E-state index in [1.165, 1.54) is 18.5 Å². The number of aryl methyl sites for hydroxylation is 1. The van der Waals surface area contributed by atoms with Crippen LogP contribution < -0.4 is 5.73 Å². The molecule has 1 saturated heterocycles. The van der Waals surface area contributed by atoms with E-state index in [-0.39, 0.29) is 0 Å². The minimum atomic E-state index is 0.302. The van der Waals surface area contributed by atoms with Gasteiger partial charge in [0.2, 0.25) is 0 Å². The number of likely N-dealkylation sites (tertiary alicyclic amines) is 1. The van der Waals surface area contributed by atoms with Crippen molar-refractivity contribution in [3.63, 3.8) is 0 Å². The van der Waals surface area contributed by atoms with Crippen LogP contribution in [0.5, 0.6) is 0 Å². The molecule has 0 aromatic carbocycles. The number of nitrogens with two attached hydrogens (primary N) is 1. The molecule has 1 aromatic rings. The molecule has 2 N–H and O–H groups in total. The monoisotopic (exact) mass is 279 g/mol. The minimum Gasteiger partial charge on any atom is -0.333 e. The highest BCUT2D eigenvalue weighted by Gasteiger charge is 2.32.